The fourth-order valence-corrected chi connectivity index (χ4v) is 0.979. The molecule has 0 aromatic carbocycles. The number of hydrogen-bond acceptors (Lipinski definition) is 1. The largest absolute Gasteiger partial charge is 0.434 e. The summed E-state index contributed by atoms with van der Waals surface area (Å²) in [5.41, 5.74) is -1.14. The molecule has 0 aliphatic carbocycles. The molecule has 14 heavy (non-hydrogen) atoms. The summed E-state index contributed by atoms with van der Waals surface area (Å²) in [6.07, 6.45) is -6.69. The van der Waals surface area contributed by atoms with E-state index in [1.54, 1.807) is 0 Å². The molecular formula is C7H7F5N2. The van der Waals surface area contributed by atoms with Crippen molar-refractivity contribution < 1.29 is 22.0 Å². The van der Waals surface area contributed by atoms with Crippen molar-refractivity contribution in [1.29, 1.82) is 0 Å². The fourth-order valence-electron chi connectivity index (χ4n) is 0.979. The molecule has 0 spiro atoms. The van der Waals surface area contributed by atoms with Crippen LogP contribution in [0.15, 0.2) is 6.20 Å². The van der Waals surface area contributed by atoms with Gasteiger partial charge in [0.2, 0.25) is 0 Å². The molecule has 0 unspecified atom stereocenters. The Labute approximate surface area is 76.4 Å². The molecule has 1 heterocycles. The predicted octanol–water partition coefficient (Wildman–Crippen LogP) is 2.48. The van der Waals surface area contributed by atoms with Crippen molar-refractivity contribution in [3.8, 4) is 0 Å². The monoisotopic (exact) mass is 214 g/mol. The van der Waals surface area contributed by atoms with Gasteiger partial charge in [-0.1, -0.05) is 0 Å². The van der Waals surface area contributed by atoms with Gasteiger partial charge in [-0.25, -0.2) is 13.8 Å². The summed E-state index contributed by atoms with van der Waals surface area (Å²) in [6.45, 7) is 0.479. The Hall–Kier alpha value is -1.14. The van der Waals surface area contributed by atoms with Crippen LogP contribution in [0.4, 0.5) is 22.0 Å². The maximum atomic E-state index is 12.1. The van der Waals surface area contributed by atoms with Gasteiger partial charge in [0.1, 0.15) is 5.82 Å². The van der Waals surface area contributed by atoms with Crippen LogP contribution in [0, 0.1) is 6.92 Å². The zero-order valence-corrected chi connectivity index (χ0v) is 7.15. The van der Waals surface area contributed by atoms with Crippen LogP contribution < -0.4 is 0 Å². The van der Waals surface area contributed by atoms with E-state index in [0.717, 1.165) is 4.57 Å². The van der Waals surface area contributed by atoms with Crippen molar-refractivity contribution in [2.75, 3.05) is 0 Å². The van der Waals surface area contributed by atoms with Crippen molar-refractivity contribution in [3.05, 3.63) is 17.7 Å². The second-order valence-electron chi connectivity index (χ2n) is 2.71. The van der Waals surface area contributed by atoms with Gasteiger partial charge in [-0.05, 0) is 6.92 Å². The normalized spacial score (nSPS) is 12.5. The average molecular weight is 214 g/mol. The highest BCUT2D eigenvalue weighted by Crippen LogP contribution is 2.28. The molecule has 1 rings (SSSR count). The minimum atomic E-state index is -4.59. The molecule has 0 fully saturated rings. The maximum absolute atomic E-state index is 12.1. The molecule has 0 N–H and O–H groups in total. The highest BCUT2D eigenvalue weighted by Gasteiger charge is 2.34. The topological polar surface area (TPSA) is 17.8 Å². The van der Waals surface area contributed by atoms with Gasteiger partial charge >= 0.3 is 6.18 Å². The second kappa shape index (κ2) is 3.55. The van der Waals surface area contributed by atoms with E-state index in [2.05, 4.69) is 4.98 Å². The highest BCUT2D eigenvalue weighted by atomic mass is 19.4. The van der Waals surface area contributed by atoms with Crippen LogP contribution in [0.3, 0.4) is 0 Å². The van der Waals surface area contributed by atoms with E-state index in [0.29, 0.717) is 6.20 Å². The lowest BCUT2D eigenvalue weighted by Crippen LogP contribution is -2.07. The summed E-state index contributed by atoms with van der Waals surface area (Å²) >= 11 is 0. The Kier molecular flexibility index (Phi) is 2.77. The number of hydrogen-bond donors (Lipinski definition) is 0. The van der Waals surface area contributed by atoms with Crippen LogP contribution in [-0.2, 0) is 12.7 Å². The first-order valence-corrected chi connectivity index (χ1v) is 3.70. The Balaban J connectivity index is 2.94. The molecule has 0 aliphatic heterocycles. The predicted molar refractivity (Wildman–Crippen MR) is 38.0 cm³/mol. The van der Waals surface area contributed by atoms with E-state index in [9.17, 15) is 22.0 Å². The number of nitrogens with zero attached hydrogens (tertiary/aromatic N) is 2. The van der Waals surface area contributed by atoms with E-state index >= 15 is 0 Å². The maximum Gasteiger partial charge on any atom is 0.434 e. The van der Waals surface area contributed by atoms with Crippen molar-refractivity contribution in [2.24, 2.45) is 0 Å². The van der Waals surface area contributed by atoms with Gasteiger partial charge in [0.25, 0.3) is 6.43 Å². The Morgan fingerprint density at radius 3 is 2.36 bits per heavy atom. The number of imidazole rings is 1. The third kappa shape index (κ3) is 2.43. The number of halogens is 5. The van der Waals surface area contributed by atoms with Crippen molar-refractivity contribution >= 4 is 0 Å². The summed E-state index contributed by atoms with van der Waals surface area (Å²) in [6, 6.07) is 0. The van der Waals surface area contributed by atoms with Gasteiger partial charge in [0, 0.05) is 6.20 Å². The van der Waals surface area contributed by atoms with E-state index in [1.807, 2.05) is 0 Å². The summed E-state index contributed by atoms with van der Waals surface area (Å²) in [5.74, 6) is -0.0716. The first kappa shape index (κ1) is 10.9. The molecule has 7 heteroatoms. The van der Waals surface area contributed by atoms with Crippen molar-refractivity contribution in [2.45, 2.75) is 26.1 Å². The number of aromatic nitrogens is 2. The van der Waals surface area contributed by atoms with Gasteiger partial charge < -0.3 is 4.57 Å². The molecule has 0 radical (unpaired) electrons. The SMILES string of the molecule is Cc1nc(C(F)(F)F)cn1CC(F)F. The first-order chi connectivity index (χ1) is 6.30. The van der Waals surface area contributed by atoms with E-state index in [-0.39, 0.29) is 5.82 Å². The molecule has 0 saturated heterocycles. The summed E-state index contributed by atoms with van der Waals surface area (Å²) < 4.78 is 60.7. The highest BCUT2D eigenvalue weighted by molar-refractivity contribution is 5.06. The smallest absolute Gasteiger partial charge is 0.329 e. The fraction of sp³-hybridized carbons (Fsp3) is 0.571. The van der Waals surface area contributed by atoms with Crippen LogP contribution in [0.2, 0.25) is 0 Å². The molecule has 2 nitrogen and oxygen atoms in total. The zero-order valence-electron chi connectivity index (χ0n) is 7.15. The molecule has 0 saturated carbocycles. The van der Waals surface area contributed by atoms with Crippen LogP contribution in [-0.4, -0.2) is 16.0 Å². The van der Waals surface area contributed by atoms with E-state index in [4.69, 9.17) is 0 Å². The summed E-state index contributed by atoms with van der Waals surface area (Å²) in [4.78, 5) is 3.14. The minimum Gasteiger partial charge on any atom is -0.329 e. The molecule has 80 valence electrons. The lowest BCUT2D eigenvalue weighted by Gasteiger charge is -2.02. The van der Waals surface area contributed by atoms with Crippen LogP contribution in [0.5, 0.6) is 0 Å². The van der Waals surface area contributed by atoms with E-state index in [1.165, 1.54) is 6.92 Å². The van der Waals surface area contributed by atoms with Crippen LogP contribution >= 0.6 is 0 Å². The molecular weight excluding hydrogens is 207 g/mol. The van der Waals surface area contributed by atoms with Gasteiger partial charge in [-0.15, -0.1) is 0 Å². The van der Waals surface area contributed by atoms with Gasteiger partial charge in [-0.2, -0.15) is 13.2 Å². The van der Waals surface area contributed by atoms with E-state index < -0.39 is 24.8 Å². The quantitative estimate of drug-likeness (QED) is 0.691. The first-order valence-electron chi connectivity index (χ1n) is 3.70. The average Bonchev–Trinajstić information content (AvgIpc) is 2.30. The van der Waals surface area contributed by atoms with Crippen molar-refractivity contribution in [3.63, 3.8) is 0 Å². The number of alkyl halides is 5. The third-order valence-electron chi connectivity index (χ3n) is 1.60. The third-order valence-corrected chi connectivity index (χ3v) is 1.60. The minimum absolute atomic E-state index is 0.0716. The Morgan fingerprint density at radius 2 is 2.00 bits per heavy atom. The summed E-state index contributed by atoms with van der Waals surface area (Å²) in [7, 11) is 0. The number of aryl methyl sites for hydroxylation is 1. The molecule has 0 aliphatic rings. The molecule has 0 amide bonds. The van der Waals surface area contributed by atoms with Crippen LogP contribution in [0.1, 0.15) is 11.5 Å². The lowest BCUT2D eigenvalue weighted by molar-refractivity contribution is -0.141. The van der Waals surface area contributed by atoms with Crippen molar-refractivity contribution in [1.82, 2.24) is 9.55 Å². The molecule has 1 aromatic heterocycles. The van der Waals surface area contributed by atoms with Gasteiger partial charge in [-0.3, -0.25) is 0 Å². The molecule has 0 atom stereocenters. The molecule has 1 aromatic rings. The second-order valence-corrected chi connectivity index (χ2v) is 2.71. The Morgan fingerprint density at radius 1 is 1.43 bits per heavy atom. The van der Waals surface area contributed by atoms with Gasteiger partial charge in [0.05, 0.1) is 6.54 Å². The summed E-state index contributed by atoms with van der Waals surface area (Å²) in [5, 5.41) is 0. The van der Waals surface area contributed by atoms with Gasteiger partial charge in [0.15, 0.2) is 5.69 Å². The zero-order chi connectivity index (χ0) is 10.9. The lowest BCUT2D eigenvalue weighted by atomic mass is 10.5. The van der Waals surface area contributed by atoms with Crippen LogP contribution in [0.25, 0.3) is 0 Å². The molecule has 0 bridgehead atoms. The Bertz CT molecular complexity index is 314. The standard InChI is InChI=1S/C7H7F5N2/c1-4-13-5(7(10,11)12)2-14(4)3-6(8)9/h2,6H,3H2,1H3. The number of rotatable bonds is 2.